The number of amides is 1. The number of carbonyl (C=O) groups excluding carboxylic acids is 1. The normalized spacial score (nSPS) is 20.3. The van der Waals surface area contributed by atoms with Gasteiger partial charge in [0, 0.05) is 18.2 Å². The summed E-state index contributed by atoms with van der Waals surface area (Å²) in [5.74, 6) is 0. The first-order chi connectivity index (χ1) is 12.5. The molecule has 0 unspecified atom stereocenters. The Labute approximate surface area is 153 Å². The molecule has 26 heavy (non-hydrogen) atoms. The van der Waals surface area contributed by atoms with E-state index in [1.807, 2.05) is 18.2 Å². The number of sulfonamides is 1. The quantitative estimate of drug-likeness (QED) is 0.838. The molecule has 0 aromatic heterocycles. The molecular formula is C19H22N2O4S. The van der Waals surface area contributed by atoms with Gasteiger partial charge in [-0.15, -0.1) is 0 Å². The van der Waals surface area contributed by atoms with Crippen molar-refractivity contribution in [2.45, 2.75) is 42.7 Å². The average molecular weight is 374 g/mol. The van der Waals surface area contributed by atoms with Gasteiger partial charge in [0.2, 0.25) is 10.0 Å². The standard InChI is InChI=1S/C19H22N2O4S/c22-19(20-15-8-3-1-4-9-15)25-17-11-7-10-16(14-17)21-26(23,24)18-12-5-2-6-13-18/h1-6,8-9,12-13,16-17,21H,7,10-11,14H2,(H,20,22)/t16-,17-/m0/s1. The van der Waals surface area contributed by atoms with Crippen molar-refractivity contribution in [2.24, 2.45) is 0 Å². The molecule has 6 nitrogen and oxygen atoms in total. The van der Waals surface area contributed by atoms with E-state index in [9.17, 15) is 13.2 Å². The second kappa shape index (κ2) is 8.33. The first-order valence-corrected chi connectivity index (χ1v) is 10.1. The Kier molecular flexibility index (Phi) is 5.90. The van der Waals surface area contributed by atoms with E-state index in [0.717, 1.165) is 19.3 Å². The molecule has 0 saturated heterocycles. The zero-order valence-electron chi connectivity index (χ0n) is 14.3. The minimum absolute atomic E-state index is 0.241. The highest BCUT2D eigenvalue weighted by Gasteiger charge is 2.28. The van der Waals surface area contributed by atoms with Gasteiger partial charge in [-0.1, -0.05) is 36.4 Å². The van der Waals surface area contributed by atoms with E-state index >= 15 is 0 Å². The van der Waals surface area contributed by atoms with Crippen LogP contribution in [0, 0.1) is 0 Å². The van der Waals surface area contributed by atoms with Crippen molar-refractivity contribution in [3.05, 3.63) is 60.7 Å². The topological polar surface area (TPSA) is 84.5 Å². The molecule has 0 aliphatic heterocycles. The number of rotatable bonds is 5. The number of para-hydroxylation sites is 1. The zero-order valence-corrected chi connectivity index (χ0v) is 15.1. The summed E-state index contributed by atoms with van der Waals surface area (Å²) < 4.78 is 33.1. The zero-order chi connectivity index (χ0) is 18.4. The van der Waals surface area contributed by atoms with E-state index in [2.05, 4.69) is 10.0 Å². The van der Waals surface area contributed by atoms with Crippen LogP contribution in [0.5, 0.6) is 0 Å². The molecule has 0 radical (unpaired) electrons. The van der Waals surface area contributed by atoms with Crippen molar-refractivity contribution in [1.29, 1.82) is 0 Å². The Hall–Kier alpha value is -2.38. The van der Waals surface area contributed by atoms with Crippen LogP contribution in [0.15, 0.2) is 65.6 Å². The molecule has 2 N–H and O–H groups in total. The highest BCUT2D eigenvalue weighted by molar-refractivity contribution is 7.89. The summed E-state index contributed by atoms with van der Waals surface area (Å²) >= 11 is 0. The molecule has 1 saturated carbocycles. The van der Waals surface area contributed by atoms with Crippen molar-refractivity contribution >= 4 is 21.8 Å². The fourth-order valence-corrected chi connectivity index (χ4v) is 4.37. The Morgan fingerprint density at radius 2 is 1.62 bits per heavy atom. The lowest BCUT2D eigenvalue weighted by molar-refractivity contribution is 0.0793. The molecular weight excluding hydrogens is 352 g/mol. The van der Waals surface area contributed by atoms with Crippen LogP contribution in [0.25, 0.3) is 0 Å². The average Bonchev–Trinajstić information content (AvgIpc) is 2.63. The van der Waals surface area contributed by atoms with Gasteiger partial charge in [0.05, 0.1) is 4.90 Å². The number of hydrogen-bond donors (Lipinski definition) is 2. The smallest absolute Gasteiger partial charge is 0.411 e. The number of hydrogen-bond acceptors (Lipinski definition) is 4. The van der Waals surface area contributed by atoms with Gasteiger partial charge in [0.1, 0.15) is 6.10 Å². The Balaban J connectivity index is 1.55. The van der Waals surface area contributed by atoms with Gasteiger partial charge in [-0.05, 0) is 43.5 Å². The summed E-state index contributed by atoms with van der Waals surface area (Å²) in [6.45, 7) is 0. The summed E-state index contributed by atoms with van der Waals surface area (Å²) in [7, 11) is -3.57. The summed E-state index contributed by atoms with van der Waals surface area (Å²) in [5, 5.41) is 2.68. The molecule has 2 aromatic carbocycles. The van der Waals surface area contributed by atoms with Crippen LogP contribution in [0.1, 0.15) is 25.7 Å². The molecule has 138 valence electrons. The number of anilines is 1. The maximum Gasteiger partial charge on any atom is 0.411 e. The lowest BCUT2D eigenvalue weighted by Gasteiger charge is -2.29. The van der Waals surface area contributed by atoms with Crippen molar-refractivity contribution in [3.63, 3.8) is 0 Å². The number of ether oxygens (including phenoxy) is 1. The van der Waals surface area contributed by atoms with Crippen molar-refractivity contribution in [2.75, 3.05) is 5.32 Å². The van der Waals surface area contributed by atoms with Crippen molar-refractivity contribution in [3.8, 4) is 0 Å². The molecule has 2 atom stereocenters. The third kappa shape index (κ3) is 5.06. The Morgan fingerprint density at radius 1 is 0.962 bits per heavy atom. The van der Waals surface area contributed by atoms with Crippen molar-refractivity contribution in [1.82, 2.24) is 4.72 Å². The van der Waals surface area contributed by atoms with Crippen molar-refractivity contribution < 1.29 is 17.9 Å². The molecule has 3 rings (SSSR count). The first kappa shape index (κ1) is 18.4. The summed E-state index contributed by atoms with van der Waals surface area (Å²) in [6, 6.07) is 17.1. The van der Waals surface area contributed by atoms with E-state index in [0.29, 0.717) is 12.1 Å². The predicted octanol–water partition coefficient (Wildman–Crippen LogP) is 3.52. The second-order valence-corrected chi connectivity index (χ2v) is 8.03. The number of nitrogens with one attached hydrogen (secondary N) is 2. The SMILES string of the molecule is O=C(Nc1ccccc1)O[C@H]1CCC[C@H](NS(=O)(=O)c2ccccc2)C1. The van der Waals surface area contributed by atoms with Gasteiger partial charge in [-0.2, -0.15) is 0 Å². The van der Waals surface area contributed by atoms with Gasteiger partial charge >= 0.3 is 6.09 Å². The molecule has 0 heterocycles. The lowest BCUT2D eigenvalue weighted by Crippen LogP contribution is -2.41. The number of benzene rings is 2. The van der Waals surface area contributed by atoms with E-state index in [4.69, 9.17) is 4.74 Å². The van der Waals surface area contributed by atoms with E-state index in [1.165, 1.54) is 0 Å². The third-order valence-electron chi connectivity index (χ3n) is 4.30. The maximum absolute atomic E-state index is 12.4. The first-order valence-electron chi connectivity index (χ1n) is 8.63. The molecule has 1 amide bonds. The van der Waals surface area contributed by atoms with Crippen LogP contribution < -0.4 is 10.0 Å². The minimum atomic E-state index is -3.57. The summed E-state index contributed by atoms with van der Waals surface area (Å²) in [5.41, 5.74) is 0.662. The molecule has 7 heteroatoms. The van der Waals surface area contributed by atoms with Gasteiger partial charge in [0.25, 0.3) is 0 Å². The highest BCUT2D eigenvalue weighted by atomic mass is 32.2. The van der Waals surface area contributed by atoms with Crippen LogP contribution >= 0.6 is 0 Å². The fraction of sp³-hybridized carbons (Fsp3) is 0.316. The van der Waals surface area contributed by atoms with Crippen LogP contribution in [-0.4, -0.2) is 26.7 Å². The molecule has 2 aromatic rings. The van der Waals surface area contributed by atoms with Gasteiger partial charge in [-0.25, -0.2) is 17.9 Å². The molecule has 1 aliphatic rings. The Morgan fingerprint density at radius 3 is 2.31 bits per heavy atom. The van der Waals surface area contributed by atoms with Gasteiger partial charge in [-0.3, -0.25) is 5.32 Å². The molecule has 1 fully saturated rings. The van der Waals surface area contributed by atoms with Crippen LogP contribution in [0.3, 0.4) is 0 Å². The number of carbonyl (C=O) groups is 1. The summed E-state index contributed by atoms with van der Waals surface area (Å²) in [4.78, 5) is 12.3. The third-order valence-corrected chi connectivity index (χ3v) is 5.83. The maximum atomic E-state index is 12.4. The minimum Gasteiger partial charge on any atom is -0.446 e. The largest absolute Gasteiger partial charge is 0.446 e. The molecule has 0 spiro atoms. The van der Waals surface area contributed by atoms with Gasteiger partial charge in [0.15, 0.2) is 0 Å². The van der Waals surface area contributed by atoms with Crippen LogP contribution in [-0.2, 0) is 14.8 Å². The highest BCUT2D eigenvalue weighted by Crippen LogP contribution is 2.23. The second-order valence-electron chi connectivity index (χ2n) is 6.32. The van der Waals surface area contributed by atoms with Crippen LogP contribution in [0.2, 0.25) is 0 Å². The van der Waals surface area contributed by atoms with E-state index in [-0.39, 0.29) is 17.0 Å². The van der Waals surface area contributed by atoms with Gasteiger partial charge < -0.3 is 4.74 Å². The fourth-order valence-electron chi connectivity index (χ4n) is 3.07. The molecule has 0 bridgehead atoms. The van der Waals surface area contributed by atoms with Crippen LogP contribution in [0.4, 0.5) is 10.5 Å². The predicted molar refractivity (Wildman–Crippen MR) is 99.4 cm³/mol. The van der Waals surface area contributed by atoms with E-state index in [1.54, 1.807) is 42.5 Å². The Bertz CT molecular complexity index is 825. The monoisotopic (exact) mass is 374 g/mol. The van der Waals surface area contributed by atoms with E-state index < -0.39 is 16.1 Å². The summed E-state index contributed by atoms with van der Waals surface area (Å²) in [6.07, 6.45) is 1.89. The molecule has 1 aliphatic carbocycles. The lowest BCUT2D eigenvalue weighted by atomic mass is 9.94.